The van der Waals surface area contributed by atoms with Gasteiger partial charge in [0.05, 0.1) is 16.6 Å². The summed E-state index contributed by atoms with van der Waals surface area (Å²) < 4.78 is 1.53. The molecule has 1 saturated heterocycles. The van der Waals surface area contributed by atoms with Gasteiger partial charge in [0.1, 0.15) is 5.69 Å². The molecule has 1 aliphatic heterocycles. The van der Waals surface area contributed by atoms with Crippen LogP contribution in [0.3, 0.4) is 0 Å². The van der Waals surface area contributed by atoms with Crippen LogP contribution < -0.4 is 16.2 Å². The first-order valence-corrected chi connectivity index (χ1v) is 11.5. The molecule has 4 rings (SSSR count). The second-order valence-corrected chi connectivity index (χ2v) is 9.08. The second-order valence-electron chi connectivity index (χ2n) is 8.09. The van der Waals surface area contributed by atoms with Crippen LogP contribution in [0.15, 0.2) is 47.3 Å². The summed E-state index contributed by atoms with van der Waals surface area (Å²) in [5.41, 5.74) is 2.66. The average molecular weight is 424 g/mol. The molecule has 0 saturated carbocycles. The minimum Gasteiger partial charge on any atom is -0.361 e. The maximum Gasteiger partial charge on any atom is 0.267 e. The number of thiazole rings is 1. The highest BCUT2D eigenvalue weighted by atomic mass is 32.1. The monoisotopic (exact) mass is 423 g/mol. The van der Waals surface area contributed by atoms with Crippen molar-refractivity contribution >= 4 is 16.5 Å². The van der Waals surface area contributed by atoms with E-state index < -0.39 is 0 Å². The third kappa shape index (κ3) is 4.79. The number of rotatable bonds is 7. The van der Waals surface area contributed by atoms with Gasteiger partial charge in [-0.3, -0.25) is 4.79 Å². The molecule has 2 aromatic heterocycles. The predicted molar refractivity (Wildman–Crippen MR) is 124 cm³/mol. The van der Waals surface area contributed by atoms with Crippen molar-refractivity contribution in [3.05, 3.63) is 52.8 Å². The summed E-state index contributed by atoms with van der Waals surface area (Å²) in [4.78, 5) is 18.1. The largest absolute Gasteiger partial charge is 0.361 e. The number of hydrogen-bond acceptors (Lipinski definition) is 6. The van der Waals surface area contributed by atoms with Crippen LogP contribution in [0.4, 0.5) is 5.13 Å². The van der Waals surface area contributed by atoms with E-state index in [1.807, 2.05) is 32.0 Å². The second kappa shape index (κ2) is 9.53. The average Bonchev–Trinajstić information content (AvgIpc) is 3.19. The highest BCUT2D eigenvalue weighted by Gasteiger charge is 2.18. The maximum atomic E-state index is 12.2. The lowest BCUT2D eigenvalue weighted by Gasteiger charge is -2.22. The lowest BCUT2D eigenvalue weighted by atomic mass is 9.96. The van der Waals surface area contributed by atoms with E-state index in [1.165, 1.54) is 17.5 Å². The number of piperidine rings is 1. The van der Waals surface area contributed by atoms with E-state index in [1.54, 1.807) is 23.5 Å². The number of anilines is 1. The molecule has 1 fully saturated rings. The van der Waals surface area contributed by atoms with Gasteiger partial charge in [-0.25, -0.2) is 9.67 Å². The Labute approximate surface area is 181 Å². The first-order chi connectivity index (χ1) is 14.6. The standard InChI is InChI=1S/C23H29N5OS/c1-16(2)28-20(29)11-10-19(27-28)22-21(18-8-4-3-5-9-18)26-23(30-22)25-14-12-17-7-6-13-24-15-17/h3-5,8-11,16-17,24H,6-7,12-15H2,1-2H3,(H,25,26). The Balaban J connectivity index is 1.62. The molecule has 7 heteroatoms. The lowest BCUT2D eigenvalue weighted by molar-refractivity contribution is 0.364. The zero-order chi connectivity index (χ0) is 20.9. The molecule has 3 heterocycles. The Kier molecular flexibility index (Phi) is 6.59. The van der Waals surface area contributed by atoms with Gasteiger partial charge in [0.2, 0.25) is 0 Å². The van der Waals surface area contributed by atoms with Gasteiger partial charge in [-0.05, 0) is 58.2 Å². The summed E-state index contributed by atoms with van der Waals surface area (Å²) >= 11 is 1.60. The zero-order valence-electron chi connectivity index (χ0n) is 17.6. The predicted octanol–water partition coefficient (Wildman–Crippen LogP) is 4.42. The van der Waals surface area contributed by atoms with E-state index in [2.05, 4.69) is 27.9 Å². The fourth-order valence-corrected chi connectivity index (χ4v) is 4.81. The van der Waals surface area contributed by atoms with Gasteiger partial charge in [0, 0.05) is 18.2 Å². The van der Waals surface area contributed by atoms with Crippen molar-refractivity contribution in [2.24, 2.45) is 5.92 Å². The van der Waals surface area contributed by atoms with Gasteiger partial charge in [-0.1, -0.05) is 41.7 Å². The van der Waals surface area contributed by atoms with Gasteiger partial charge in [0.15, 0.2) is 5.13 Å². The van der Waals surface area contributed by atoms with E-state index in [0.717, 1.165) is 58.9 Å². The highest BCUT2D eigenvalue weighted by Crippen LogP contribution is 2.38. The molecule has 1 atom stereocenters. The summed E-state index contributed by atoms with van der Waals surface area (Å²) in [6, 6.07) is 13.6. The van der Waals surface area contributed by atoms with Crippen molar-refractivity contribution in [2.75, 3.05) is 25.0 Å². The molecule has 6 nitrogen and oxygen atoms in total. The van der Waals surface area contributed by atoms with Crippen LogP contribution >= 0.6 is 11.3 Å². The fourth-order valence-electron chi connectivity index (χ4n) is 3.83. The van der Waals surface area contributed by atoms with E-state index in [0.29, 0.717) is 0 Å². The van der Waals surface area contributed by atoms with Crippen molar-refractivity contribution < 1.29 is 0 Å². The first-order valence-electron chi connectivity index (χ1n) is 10.7. The first kappa shape index (κ1) is 20.8. The van der Waals surface area contributed by atoms with Crippen molar-refractivity contribution in [1.29, 1.82) is 0 Å². The summed E-state index contributed by atoms with van der Waals surface area (Å²) in [5.74, 6) is 0.732. The molecule has 0 radical (unpaired) electrons. The molecular formula is C23H29N5OS. The van der Waals surface area contributed by atoms with Crippen molar-refractivity contribution in [2.45, 2.75) is 39.2 Å². The number of nitrogens with zero attached hydrogens (tertiary/aromatic N) is 3. The van der Waals surface area contributed by atoms with Gasteiger partial charge < -0.3 is 10.6 Å². The van der Waals surface area contributed by atoms with E-state index in [4.69, 9.17) is 4.98 Å². The summed E-state index contributed by atoms with van der Waals surface area (Å²) in [6.07, 6.45) is 3.70. The highest BCUT2D eigenvalue weighted by molar-refractivity contribution is 7.19. The minimum atomic E-state index is -0.0843. The van der Waals surface area contributed by atoms with Crippen LogP contribution in [0.2, 0.25) is 0 Å². The molecule has 0 spiro atoms. The summed E-state index contributed by atoms with van der Waals surface area (Å²) in [7, 11) is 0. The molecule has 2 N–H and O–H groups in total. The summed E-state index contributed by atoms with van der Waals surface area (Å²) in [5, 5.41) is 12.5. The third-order valence-corrected chi connectivity index (χ3v) is 6.48. The Morgan fingerprint density at radius 1 is 1.23 bits per heavy atom. The minimum absolute atomic E-state index is 0.00671. The zero-order valence-corrected chi connectivity index (χ0v) is 18.4. The van der Waals surface area contributed by atoms with Crippen LogP contribution in [0.1, 0.15) is 39.2 Å². The Bertz CT molecular complexity index is 1020. The normalized spacial score (nSPS) is 16.7. The molecule has 1 aromatic carbocycles. The van der Waals surface area contributed by atoms with Crippen LogP contribution in [0, 0.1) is 5.92 Å². The number of nitrogens with one attached hydrogen (secondary N) is 2. The van der Waals surface area contributed by atoms with Gasteiger partial charge in [-0.15, -0.1) is 0 Å². The Morgan fingerprint density at radius 3 is 2.80 bits per heavy atom. The third-order valence-electron chi connectivity index (χ3n) is 5.45. The molecule has 0 bridgehead atoms. The van der Waals surface area contributed by atoms with Gasteiger partial charge in [0.25, 0.3) is 5.56 Å². The van der Waals surface area contributed by atoms with Crippen LogP contribution in [0.5, 0.6) is 0 Å². The SMILES string of the molecule is CC(C)n1nc(-c2sc(NCCC3CCCNC3)nc2-c2ccccc2)ccc1=O. The van der Waals surface area contributed by atoms with Crippen molar-refractivity contribution in [3.8, 4) is 21.8 Å². The molecule has 30 heavy (non-hydrogen) atoms. The molecule has 0 amide bonds. The van der Waals surface area contributed by atoms with E-state index in [9.17, 15) is 4.79 Å². The summed E-state index contributed by atoms with van der Waals surface area (Å²) in [6.45, 7) is 7.10. The number of aromatic nitrogens is 3. The molecule has 158 valence electrons. The molecule has 1 aliphatic rings. The molecular weight excluding hydrogens is 394 g/mol. The van der Waals surface area contributed by atoms with Gasteiger partial charge >= 0.3 is 0 Å². The molecule has 0 aliphatic carbocycles. The van der Waals surface area contributed by atoms with Crippen LogP contribution in [0.25, 0.3) is 21.8 Å². The van der Waals surface area contributed by atoms with E-state index in [-0.39, 0.29) is 11.6 Å². The maximum absolute atomic E-state index is 12.2. The molecule has 3 aromatic rings. The quantitative estimate of drug-likeness (QED) is 0.589. The van der Waals surface area contributed by atoms with E-state index >= 15 is 0 Å². The lowest BCUT2D eigenvalue weighted by Crippen LogP contribution is -2.30. The Hall–Kier alpha value is -2.51. The molecule has 1 unspecified atom stereocenters. The number of benzene rings is 1. The Morgan fingerprint density at radius 2 is 2.07 bits per heavy atom. The number of hydrogen-bond donors (Lipinski definition) is 2. The van der Waals surface area contributed by atoms with Crippen LogP contribution in [-0.4, -0.2) is 34.4 Å². The topological polar surface area (TPSA) is 71.8 Å². The van der Waals surface area contributed by atoms with Crippen molar-refractivity contribution in [1.82, 2.24) is 20.1 Å². The van der Waals surface area contributed by atoms with Crippen molar-refractivity contribution in [3.63, 3.8) is 0 Å². The van der Waals surface area contributed by atoms with Gasteiger partial charge in [-0.2, -0.15) is 5.10 Å². The smallest absolute Gasteiger partial charge is 0.267 e. The van der Waals surface area contributed by atoms with Crippen LogP contribution in [-0.2, 0) is 0 Å². The fraction of sp³-hybridized carbons (Fsp3) is 0.435.